The van der Waals surface area contributed by atoms with Crippen LogP contribution in [0.4, 0.5) is 18.9 Å². The lowest BCUT2D eigenvalue weighted by Gasteiger charge is -2.14. The van der Waals surface area contributed by atoms with Crippen molar-refractivity contribution < 1.29 is 31.0 Å². The molecule has 1 fully saturated rings. The molecule has 0 bridgehead atoms. The summed E-state index contributed by atoms with van der Waals surface area (Å²) in [6.45, 7) is 3.59. The molecule has 1 N–H and O–H groups in total. The molecule has 1 aliphatic rings. The van der Waals surface area contributed by atoms with Gasteiger partial charge in [-0.15, -0.1) is 0 Å². The molecule has 0 aromatic heterocycles. The largest absolute Gasteiger partial charge is 0.741 e. The molecule has 1 atom stereocenters. The van der Waals surface area contributed by atoms with Crippen molar-refractivity contribution >= 4 is 15.8 Å². The maximum absolute atomic E-state index is 10.7. The standard InChI is InChI=1S/C10H14N2.CHF3O3S/c1-11-7-8-12(9-11)10-5-3-2-4-6-10;2-1(3,4)8(5,6)7/h2-6H,7-9H2,1H3;(H,5,6,7). The highest BCUT2D eigenvalue weighted by Crippen LogP contribution is 2.20. The topological polar surface area (TPSA) is 64.9 Å². The van der Waals surface area contributed by atoms with Gasteiger partial charge in [-0.25, -0.2) is 8.42 Å². The highest BCUT2D eigenvalue weighted by molar-refractivity contribution is 7.86. The fraction of sp³-hybridized carbons (Fsp3) is 0.455. The summed E-state index contributed by atoms with van der Waals surface area (Å²) in [7, 11) is -3.85. The summed E-state index contributed by atoms with van der Waals surface area (Å²) in [4.78, 5) is 4.02. The Bertz CT molecular complexity index is 519. The third-order valence-corrected chi connectivity index (χ3v) is 3.24. The van der Waals surface area contributed by atoms with Gasteiger partial charge in [-0.2, -0.15) is 13.2 Å². The van der Waals surface area contributed by atoms with Crippen LogP contribution in [0.5, 0.6) is 0 Å². The predicted molar refractivity (Wildman–Crippen MR) is 66.2 cm³/mol. The van der Waals surface area contributed by atoms with E-state index in [0.29, 0.717) is 0 Å². The molecule has 1 heterocycles. The molecule has 5 nitrogen and oxygen atoms in total. The van der Waals surface area contributed by atoms with E-state index in [4.69, 9.17) is 13.0 Å². The molecule has 0 spiro atoms. The molecule has 2 rings (SSSR count). The minimum absolute atomic E-state index is 1.14. The van der Waals surface area contributed by atoms with Gasteiger partial charge in [-0.3, -0.25) is 0 Å². The number of likely N-dealkylation sites (N-methyl/N-ethyl adjacent to an activating group) is 1. The molecule has 1 aromatic carbocycles. The lowest BCUT2D eigenvalue weighted by molar-refractivity contribution is -0.865. The molecule has 1 unspecified atom stereocenters. The number of anilines is 1. The van der Waals surface area contributed by atoms with Crippen LogP contribution in [0, 0.1) is 0 Å². The summed E-state index contributed by atoms with van der Waals surface area (Å²) in [5.74, 6) is 0. The average Bonchev–Trinajstić information content (AvgIpc) is 2.75. The SMILES string of the molecule is C[NH+]1CCN(c2ccccc2)C1.O=S(=O)([O-])C(F)(F)F. The first kappa shape index (κ1) is 16.7. The zero-order valence-electron chi connectivity index (χ0n) is 10.7. The third-order valence-electron chi connectivity index (χ3n) is 2.67. The van der Waals surface area contributed by atoms with E-state index >= 15 is 0 Å². The molecule has 1 saturated heterocycles. The van der Waals surface area contributed by atoms with Gasteiger partial charge in [0, 0.05) is 5.69 Å². The molecule has 9 heteroatoms. The Morgan fingerprint density at radius 2 is 1.75 bits per heavy atom. The maximum Gasteiger partial charge on any atom is 0.485 e. The Kier molecular flexibility index (Phi) is 5.37. The normalized spacial score (nSPS) is 19.4. The van der Waals surface area contributed by atoms with Crippen molar-refractivity contribution in [3.05, 3.63) is 30.3 Å². The van der Waals surface area contributed by atoms with Crippen LogP contribution in [-0.4, -0.2) is 45.3 Å². The summed E-state index contributed by atoms with van der Waals surface area (Å²) in [6.07, 6.45) is 0. The van der Waals surface area contributed by atoms with E-state index in [9.17, 15) is 13.2 Å². The predicted octanol–water partition coefficient (Wildman–Crippen LogP) is 0.0302. The van der Waals surface area contributed by atoms with Crippen molar-refractivity contribution in [2.75, 3.05) is 31.7 Å². The van der Waals surface area contributed by atoms with Gasteiger partial charge in [0.1, 0.15) is 0 Å². The lowest BCUT2D eigenvalue weighted by Crippen LogP contribution is -3.07. The molecule has 1 aromatic rings. The van der Waals surface area contributed by atoms with Crippen molar-refractivity contribution in [1.29, 1.82) is 0 Å². The van der Waals surface area contributed by atoms with Gasteiger partial charge in [0.05, 0.1) is 20.1 Å². The highest BCUT2D eigenvalue weighted by atomic mass is 32.2. The van der Waals surface area contributed by atoms with Crippen molar-refractivity contribution in [1.82, 2.24) is 0 Å². The van der Waals surface area contributed by atoms with Crippen LogP contribution in [0.1, 0.15) is 0 Å². The van der Waals surface area contributed by atoms with Gasteiger partial charge in [0.15, 0.2) is 16.8 Å². The molecular weight excluding hydrogens is 297 g/mol. The van der Waals surface area contributed by atoms with Crippen LogP contribution in [0.15, 0.2) is 30.3 Å². The number of halogens is 3. The van der Waals surface area contributed by atoms with Gasteiger partial charge in [-0.05, 0) is 12.1 Å². The Morgan fingerprint density at radius 1 is 1.25 bits per heavy atom. The smallest absolute Gasteiger partial charge is 0.485 e. The van der Waals surface area contributed by atoms with Crippen molar-refractivity contribution in [2.45, 2.75) is 5.51 Å². The van der Waals surface area contributed by atoms with Gasteiger partial charge in [0.25, 0.3) is 0 Å². The molecular formula is C11H15F3N2O3S. The van der Waals surface area contributed by atoms with Gasteiger partial charge in [-0.1, -0.05) is 18.2 Å². The van der Waals surface area contributed by atoms with E-state index in [-0.39, 0.29) is 0 Å². The zero-order valence-corrected chi connectivity index (χ0v) is 11.5. The first-order valence-corrected chi connectivity index (χ1v) is 7.15. The van der Waals surface area contributed by atoms with E-state index in [1.807, 2.05) is 0 Å². The van der Waals surface area contributed by atoms with Crippen molar-refractivity contribution in [2.24, 2.45) is 0 Å². The second kappa shape index (κ2) is 6.42. The zero-order chi connectivity index (χ0) is 15.4. The van der Waals surface area contributed by atoms with Crippen LogP contribution < -0.4 is 9.80 Å². The van der Waals surface area contributed by atoms with Gasteiger partial charge >= 0.3 is 5.51 Å². The molecule has 0 amide bonds. The Labute approximate surface area is 115 Å². The minimum atomic E-state index is -6.09. The Balaban J connectivity index is 0.000000221. The first-order valence-electron chi connectivity index (χ1n) is 5.74. The summed E-state index contributed by atoms with van der Waals surface area (Å²) < 4.78 is 58.9. The quantitative estimate of drug-likeness (QED) is 0.587. The van der Waals surface area contributed by atoms with Crippen molar-refractivity contribution in [3.8, 4) is 0 Å². The number of hydrogen-bond donors (Lipinski definition) is 1. The van der Waals surface area contributed by atoms with Gasteiger partial charge < -0.3 is 14.4 Å². The number of hydrogen-bond acceptors (Lipinski definition) is 4. The average molecular weight is 312 g/mol. The van der Waals surface area contributed by atoms with Crippen LogP contribution >= 0.6 is 0 Å². The highest BCUT2D eigenvalue weighted by Gasteiger charge is 2.36. The first-order chi connectivity index (χ1) is 9.11. The summed E-state index contributed by atoms with van der Waals surface area (Å²) in [5.41, 5.74) is -4.29. The third kappa shape index (κ3) is 4.99. The minimum Gasteiger partial charge on any atom is -0.741 e. The number of nitrogens with zero attached hydrogens (tertiary/aromatic N) is 1. The summed E-state index contributed by atoms with van der Waals surface area (Å²) in [6, 6.07) is 10.6. The van der Waals surface area contributed by atoms with E-state index in [2.05, 4.69) is 42.3 Å². The number of para-hydroxylation sites is 1. The Hall–Kier alpha value is -1.32. The second-order valence-electron chi connectivity index (χ2n) is 4.36. The number of rotatable bonds is 1. The fourth-order valence-electron chi connectivity index (χ4n) is 1.67. The van der Waals surface area contributed by atoms with Crippen LogP contribution in [0.25, 0.3) is 0 Å². The lowest BCUT2D eigenvalue weighted by atomic mass is 10.3. The fourth-order valence-corrected chi connectivity index (χ4v) is 1.67. The molecule has 0 aliphatic carbocycles. The van der Waals surface area contributed by atoms with Crippen molar-refractivity contribution in [3.63, 3.8) is 0 Å². The van der Waals surface area contributed by atoms with Crippen LogP contribution in [-0.2, 0) is 10.1 Å². The van der Waals surface area contributed by atoms with E-state index < -0.39 is 15.6 Å². The van der Waals surface area contributed by atoms with E-state index in [1.54, 1.807) is 4.90 Å². The number of benzene rings is 1. The number of quaternary nitrogens is 1. The molecule has 1 aliphatic heterocycles. The molecule has 20 heavy (non-hydrogen) atoms. The maximum atomic E-state index is 10.7. The molecule has 0 radical (unpaired) electrons. The van der Waals surface area contributed by atoms with Crippen LogP contribution in [0.2, 0.25) is 0 Å². The summed E-state index contributed by atoms with van der Waals surface area (Å²) >= 11 is 0. The van der Waals surface area contributed by atoms with Crippen LogP contribution in [0.3, 0.4) is 0 Å². The number of alkyl halides is 3. The van der Waals surface area contributed by atoms with E-state index in [0.717, 1.165) is 6.67 Å². The molecule has 114 valence electrons. The van der Waals surface area contributed by atoms with E-state index in [1.165, 1.54) is 18.8 Å². The van der Waals surface area contributed by atoms with Gasteiger partial charge in [0.2, 0.25) is 0 Å². The number of nitrogens with one attached hydrogen (secondary N) is 1. The molecule has 0 saturated carbocycles. The Morgan fingerprint density at radius 3 is 2.10 bits per heavy atom. The monoisotopic (exact) mass is 312 g/mol. The summed E-state index contributed by atoms with van der Waals surface area (Å²) in [5, 5.41) is 0. The second-order valence-corrected chi connectivity index (χ2v) is 5.74.